The van der Waals surface area contributed by atoms with E-state index in [1.165, 1.54) is 12.1 Å². The summed E-state index contributed by atoms with van der Waals surface area (Å²) < 4.78 is 192. The summed E-state index contributed by atoms with van der Waals surface area (Å²) in [6.07, 6.45) is -7.00. The predicted molar refractivity (Wildman–Crippen MR) is 150 cm³/mol. The molecule has 4 nitrogen and oxygen atoms in total. The fourth-order valence-corrected chi connectivity index (χ4v) is 6.22. The van der Waals surface area contributed by atoms with Gasteiger partial charge in [-0.1, -0.05) is 52.2 Å². The second-order valence-electron chi connectivity index (χ2n) is 12.0. The molecule has 0 aliphatic carbocycles. The number of halogens is 13. The Balaban J connectivity index is 1.76. The summed E-state index contributed by atoms with van der Waals surface area (Å²) >= 11 is 0. The summed E-state index contributed by atoms with van der Waals surface area (Å²) in [6.45, 7) is 6.02. The van der Waals surface area contributed by atoms with E-state index < -0.39 is 58.3 Å². The number of pyridine rings is 1. The molecule has 0 spiro atoms. The average molecular weight is 732 g/mol. The third-order valence-corrected chi connectivity index (χ3v) is 9.60. The highest BCUT2D eigenvalue weighted by molar-refractivity contribution is 6.30. The summed E-state index contributed by atoms with van der Waals surface area (Å²) in [5.41, 5.74) is 0.843. The highest BCUT2D eigenvalue weighted by atomic mass is 28.2. The first kappa shape index (κ1) is 39.5. The lowest BCUT2D eigenvalue weighted by Crippen LogP contribution is -2.70. The molecule has 18 heteroatoms. The largest absolute Gasteiger partial charge is 0.536 e. The molecule has 1 aromatic carbocycles. The number of aromatic nitrogens is 1. The fourth-order valence-electron chi connectivity index (χ4n) is 5.19. The number of unbranched alkanes of at least 4 members (excludes halogenated alkanes) is 1. The van der Waals surface area contributed by atoms with Crippen molar-refractivity contribution in [3.8, 4) is 17.4 Å². The van der Waals surface area contributed by atoms with Crippen molar-refractivity contribution in [1.82, 2.24) is 4.98 Å². The van der Waals surface area contributed by atoms with E-state index in [0.29, 0.717) is 17.9 Å². The van der Waals surface area contributed by atoms with Crippen LogP contribution in [0, 0.1) is 5.92 Å². The van der Waals surface area contributed by atoms with Crippen LogP contribution in [0.4, 0.5) is 57.1 Å². The second kappa shape index (κ2) is 14.5. The molecule has 0 amide bonds. The number of fused-ring (bicyclic) bond motifs is 1. The Kier molecular flexibility index (Phi) is 11.9. The lowest BCUT2D eigenvalue weighted by molar-refractivity contribution is -0.441. The summed E-state index contributed by atoms with van der Waals surface area (Å²) in [4.78, 5) is 4.13. The maximum absolute atomic E-state index is 14.5. The molecule has 4 atom stereocenters. The highest BCUT2D eigenvalue weighted by Crippen LogP contribution is 2.61. The molecule has 1 aliphatic rings. The molecule has 0 saturated heterocycles. The number of benzene rings is 1. The molecule has 0 fully saturated rings. The third-order valence-electron chi connectivity index (χ3n) is 8.16. The molecule has 2 heterocycles. The van der Waals surface area contributed by atoms with Crippen molar-refractivity contribution >= 4 is 9.76 Å². The van der Waals surface area contributed by atoms with Gasteiger partial charge >= 0.3 is 35.8 Å². The summed E-state index contributed by atoms with van der Waals surface area (Å²) in [6, 6.07) is 9.45. The normalized spacial score (nSPS) is 18.3. The maximum Gasteiger partial charge on any atom is 0.460 e. The van der Waals surface area contributed by atoms with Gasteiger partial charge in [-0.2, -0.15) is 57.1 Å². The summed E-state index contributed by atoms with van der Waals surface area (Å²) in [5, 5.41) is 0. The molecule has 272 valence electrons. The van der Waals surface area contributed by atoms with Crippen LogP contribution in [0.3, 0.4) is 0 Å². The molecule has 4 unspecified atom stereocenters. The molecule has 2 aromatic rings. The van der Waals surface area contributed by atoms with Gasteiger partial charge in [0.25, 0.3) is 0 Å². The number of ether oxygens (including phenoxy) is 2. The SMILES string of the molecule is CCCCC(C)C(CCC(C)[SiH2]Oc1ccccn1)c1ccc2c(c1)OC(CC(F)(F)C(F)(F)C(F)(F)C(F)(F)C(F)(F)C(F)(F)F)O2. The Hall–Kier alpha value is -2.92. The minimum absolute atomic E-state index is 0.0912. The maximum atomic E-state index is 14.5. The third kappa shape index (κ3) is 7.93. The quantitative estimate of drug-likeness (QED) is 0.120. The number of nitrogens with zero attached hydrogens (tertiary/aromatic N) is 1. The van der Waals surface area contributed by atoms with E-state index in [9.17, 15) is 57.1 Å². The molecular weight excluding hydrogens is 697 g/mol. The zero-order valence-electron chi connectivity index (χ0n) is 25.9. The van der Waals surface area contributed by atoms with Gasteiger partial charge in [-0.25, -0.2) is 4.98 Å². The molecule has 0 radical (unpaired) electrons. The van der Waals surface area contributed by atoms with E-state index in [2.05, 4.69) is 4.98 Å². The molecule has 0 N–H and O–H groups in total. The monoisotopic (exact) mass is 731 g/mol. The molecule has 0 bridgehead atoms. The van der Waals surface area contributed by atoms with E-state index in [1.54, 1.807) is 30.5 Å². The van der Waals surface area contributed by atoms with Crippen molar-refractivity contribution in [2.24, 2.45) is 5.92 Å². The van der Waals surface area contributed by atoms with Crippen molar-refractivity contribution in [3.63, 3.8) is 0 Å². The minimum Gasteiger partial charge on any atom is -0.536 e. The van der Waals surface area contributed by atoms with Gasteiger partial charge in [-0.15, -0.1) is 0 Å². The van der Waals surface area contributed by atoms with Gasteiger partial charge in [0.2, 0.25) is 16.1 Å². The Morgan fingerprint density at radius 2 is 1.40 bits per heavy atom. The second-order valence-corrected chi connectivity index (χ2v) is 14.0. The summed E-state index contributed by atoms with van der Waals surface area (Å²) in [7, 11) is -1.04. The van der Waals surface area contributed by atoms with Crippen LogP contribution in [-0.4, -0.2) is 56.8 Å². The molecule has 48 heavy (non-hydrogen) atoms. The fraction of sp³-hybridized carbons (Fsp3) is 0.633. The number of hydrogen-bond donors (Lipinski definition) is 0. The van der Waals surface area contributed by atoms with Crippen LogP contribution in [0.15, 0.2) is 42.6 Å². The van der Waals surface area contributed by atoms with Crippen molar-refractivity contribution in [3.05, 3.63) is 48.2 Å². The molecular formula is C30H34F13NO3Si. The Labute approximate surface area is 270 Å². The minimum atomic E-state index is -7.96. The first-order valence-corrected chi connectivity index (χ1v) is 16.4. The van der Waals surface area contributed by atoms with Gasteiger partial charge < -0.3 is 13.9 Å². The van der Waals surface area contributed by atoms with Crippen LogP contribution in [-0.2, 0) is 0 Å². The van der Waals surface area contributed by atoms with Crippen LogP contribution in [0.25, 0.3) is 0 Å². The standard InChI is InChI=1S/C30H34F13NO3Si/c1-4-5-8-17(2)20(12-10-18(3)48-47-23-9-6-7-14-44-23)19-11-13-21-22(15-19)46-24(45-21)16-25(31,32)26(33,34)27(35,36)28(37,38)29(39,40)30(41,42)43/h6-7,9,11,13-15,17-18,20,24H,4-5,8,10,12,16,48H2,1-3H3. The highest BCUT2D eigenvalue weighted by Gasteiger charge is 2.90. The molecule has 1 aliphatic heterocycles. The molecule has 1 aromatic heterocycles. The van der Waals surface area contributed by atoms with E-state index in [1.807, 2.05) is 20.8 Å². The zero-order valence-corrected chi connectivity index (χ0v) is 27.3. The van der Waals surface area contributed by atoms with Gasteiger partial charge in [0, 0.05) is 6.20 Å². The number of hydrogen-bond acceptors (Lipinski definition) is 4. The van der Waals surface area contributed by atoms with Gasteiger partial charge in [-0.05, 0) is 60.0 Å². The Morgan fingerprint density at radius 3 is 1.98 bits per heavy atom. The van der Waals surface area contributed by atoms with Crippen molar-refractivity contribution in [2.75, 3.05) is 0 Å². The van der Waals surface area contributed by atoms with Crippen molar-refractivity contribution in [2.45, 2.75) is 113 Å². The van der Waals surface area contributed by atoms with Crippen LogP contribution < -0.4 is 13.9 Å². The smallest absolute Gasteiger partial charge is 0.460 e. The van der Waals surface area contributed by atoms with E-state index in [4.69, 9.17) is 13.9 Å². The van der Waals surface area contributed by atoms with Crippen molar-refractivity contribution < 1.29 is 71.0 Å². The topological polar surface area (TPSA) is 40.6 Å². The van der Waals surface area contributed by atoms with Gasteiger partial charge in [0.15, 0.2) is 17.4 Å². The lowest BCUT2D eigenvalue weighted by atomic mass is 9.81. The number of rotatable bonds is 17. The molecule has 3 rings (SSSR count). The van der Waals surface area contributed by atoms with Crippen molar-refractivity contribution in [1.29, 1.82) is 0 Å². The van der Waals surface area contributed by atoms with Crippen LogP contribution >= 0.6 is 0 Å². The zero-order chi connectivity index (χ0) is 36.3. The summed E-state index contributed by atoms with van der Waals surface area (Å²) in [5.74, 6) is -37.4. The van der Waals surface area contributed by atoms with Crippen LogP contribution in [0.2, 0.25) is 5.54 Å². The van der Waals surface area contributed by atoms with Gasteiger partial charge in [0.1, 0.15) is 0 Å². The Bertz CT molecular complexity index is 1350. The van der Waals surface area contributed by atoms with Crippen LogP contribution in [0.5, 0.6) is 17.4 Å². The average Bonchev–Trinajstić information content (AvgIpc) is 3.39. The first-order valence-electron chi connectivity index (χ1n) is 15.0. The van der Waals surface area contributed by atoms with Gasteiger partial charge in [-0.3, -0.25) is 0 Å². The lowest BCUT2D eigenvalue weighted by Gasteiger charge is -2.39. The number of alkyl halides is 13. The van der Waals surface area contributed by atoms with E-state index in [0.717, 1.165) is 25.7 Å². The first-order chi connectivity index (χ1) is 22.0. The van der Waals surface area contributed by atoms with Crippen LogP contribution in [0.1, 0.15) is 70.8 Å². The van der Waals surface area contributed by atoms with E-state index >= 15 is 0 Å². The Morgan fingerprint density at radius 1 is 0.771 bits per heavy atom. The molecule has 0 saturated carbocycles. The van der Waals surface area contributed by atoms with Gasteiger partial charge in [0.05, 0.1) is 6.42 Å². The van der Waals surface area contributed by atoms with E-state index in [-0.39, 0.29) is 28.9 Å². The predicted octanol–water partition coefficient (Wildman–Crippen LogP) is 9.97.